The van der Waals surface area contributed by atoms with E-state index in [0.29, 0.717) is 70.5 Å². The highest BCUT2D eigenvalue weighted by Crippen LogP contribution is 2.32. The Hall–Kier alpha value is -8.07. The lowest BCUT2D eigenvalue weighted by molar-refractivity contribution is -0.125. The Labute approximate surface area is 416 Å². The van der Waals surface area contributed by atoms with Gasteiger partial charge in [-0.3, -0.25) is 24.7 Å². The fourth-order valence-corrected chi connectivity index (χ4v) is 7.80. The van der Waals surface area contributed by atoms with Crippen molar-refractivity contribution in [1.29, 1.82) is 5.26 Å². The minimum atomic E-state index is -0.805. The van der Waals surface area contributed by atoms with Crippen LogP contribution in [0.3, 0.4) is 0 Å². The van der Waals surface area contributed by atoms with Crippen LogP contribution in [0.5, 0.6) is 0 Å². The molecule has 0 bridgehead atoms. The lowest BCUT2D eigenvalue weighted by Gasteiger charge is -2.32. The number of nitrogens with two attached hydrogens (primary N) is 1. The van der Waals surface area contributed by atoms with E-state index in [-0.39, 0.29) is 20.5 Å². The molecule has 17 heteroatoms. The molecule has 6 aromatic heterocycles. The number of likely N-dealkylation sites (N-methyl/N-ethyl adjacent to an activating group) is 1. The van der Waals surface area contributed by atoms with Crippen molar-refractivity contribution in [3.8, 4) is 74.3 Å². The molecule has 70 heavy (non-hydrogen) atoms. The van der Waals surface area contributed by atoms with Crippen molar-refractivity contribution < 1.29 is 22.3 Å². The summed E-state index contributed by atoms with van der Waals surface area (Å²) in [4.78, 5) is 42.5. The van der Waals surface area contributed by atoms with Gasteiger partial charge in [0.15, 0.2) is 5.76 Å². The van der Waals surface area contributed by atoms with Gasteiger partial charge in [-0.25, -0.2) is 9.97 Å². The molecule has 1 aliphatic heterocycles. The van der Waals surface area contributed by atoms with Crippen molar-refractivity contribution in [3.63, 3.8) is 0 Å². The smallest absolute Gasteiger partial charge is 0.268 e. The molecule has 2 aromatic carbocycles. The van der Waals surface area contributed by atoms with Crippen molar-refractivity contribution in [2.24, 2.45) is 5.73 Å². The molecule has 1 fully saturated rings. The first-order chi connectivity index (χ1) is 33.7. The molecule has 1 unspecified atom stereocenters. The zero-order valence-corrected chi connectivity index (χ0v) is 40.4. The first-order valence-electron chi connectivity index (χ1n) is 23.2. The predicted octanol–water partition coefficient (Wildman–Crippen LogP) is 9.55. The van der Waals surface area contributed by atoms with Crippen molar-refractivity contribution in [3.05, 3.63) is 132 Å². The van der Waals surface area contributed by atoms with Crippen LogP contribution in [0.2, 0.25) is 0 Å². The lowest BCUT2D eigenvalue weighted by Crippen LogP contribution is -2.42. The Bertz CT molecular complexity index is 3150. The van der Waals surface area contributed by atoms with Gasteiger partial charge in [0.1, 0.15) is 17.1 Å². The van der Waals surface area contributed by atoms with Gasteiger partial charge in [0, 0.05) is 87.2 Å². The van der Waals surface area contributed by atoms with Gasteiger partial charge >= 0.3 is 0 Å². The molecule has 1 saturated heterocycles. The maximum Gasteiger partial charge on any atom is 0.268 e. The number of hydrogen-bond acceptors (Lipinski definition) is 16. The molecule has 8 aromatic rings. The summed E-state index contributed by atoms with van der Waals surface area (Å²) in [7, 11) is 1.85. The molecule has 0 aliphatic carbocycles. The summed E-state index contributed by atoms with van der Waals surface area (Å²) >= 11 is 0. The third kappa shape index (κ3) is 10.9. The molecular weight excluding hydrogens is 881 g/mol. The summed E-state index contributed by atoms with van der Waals surface area (Å²) in [6.45, 7) is 14.2. The Kier molecular flexibility index (Phi) is 14.6. The van der Waals surface area contributed by atoms with Crippen LogP contribution in [0.15, 0.2) is 119 Å². The van der Waals surface area contributed by atoms with Gasteiger partial charge in [0.2, 0.25) is 11.8 Å². The quantitative estimate of drug-likeness (QED) is 0.0912. The maximum atomic E-state index is 12.8. The third-order valence-electron chi connectivity index (χ3n) is 12.2. The summed E-state index contributed by atoms with van der Waals surface area (Å²) in [5.41, 5.74) is 15.1. The number of nitrogens with zero attached hydrogens (tertiary/aromatic N) is 11. The van der Waals surface area contributed by atoms with E-state index in [9.17, 15) is 10.1 Å². The molecule has 0 saturated carbocycles. The molecule has 1 amide bonds. The van der Waals surface area contributed by atoms with E-state index in [1.807, 2.05) is 121 Å². The first kappa shape index (κ1) is 48.4. The van der Waals surface area contributed by atoms with Crippen LogP contribution in [-0.4, -0.2) is 90.4 Å². The number of carbonyl (C=O) groups is 1. The minimum absolute atomic E-state index is 0. The largest absolute Gasteiger partial charge is 0.415 e. The fourth-order valence-electron chi connectivity index (χ4n) is 7.80. The van der Waals surface area contributed by atoms with Gasteiger partial charge in [-0.2, -0.15) is 5.26 Å². The third-order valence-corrected chi connectivity index (χ3v) is 12.2. The highest BCUT2D eigenvalue weighted by Gasteiger charge is 2.31. The molecule has 7 heterocycles. The van der Waals surface area contributed by atoms with Gasteiger partial charge in [-0.15, -0.1) is 10.2 Å². The van der Waals surface area contributed by atoms with Gasteiger partial charge in [-0.05, 0) is 110 Å². The SMILES string of the molecule is CNCCNC(=O)C(C)(C)c1cc(-c2cnc(C)c(-c3cc(-c4ccccc4)no3)n2)ccn1.Cc1ncc(-c2ccnc(C(C)(C)C#N)c2)nc1-c1nnc(-c2ccc(N3CCCC(N)C3)cc2)o1.[HH].[HH].[HH].[HH].[HH].[HH]. The molecule has 0 spiro atoms. The number of carbonyl (C=O) groups excluding carboxylic acids is 1. The molecule has 368 valence electrons. The number of benzene rings is 2. The van der Waals surface area contributed by atoms with Crippen molar-refractivity contribution >= 4 is 11.6 Å². The highest BCUT2D eigenvalue weighted by molar-refractivity contribution is 5.87. The Morgan fingerprint density at radius 1 is 0.786 bits per heavy atom. The van der Waals surface area contributed by atoms with Crippen LogP contribution < -0.4 is 21.3 Å². The summed E-state index contributed by atoms with van der Waals surface area (Å²) in [5, 5.41) is 28.1. The second-order valence-electron chi connectivity index (χ2n) is 18.2. The summed E-state index contributed by atoms with van der Waals surface area (Å²) in [5.74, 6) is 1.18. The second kappa shape index (κ2) is 21.1. The standard InChI is InChI=1S/C27H28N8O.C26H28N6O2.6H2/c1-17-24(32-22(14-31-17)19-10-11-30-23(13-19)27(2,3)16-28)26-34-33-25(36-26)18-6-8-21(9-7-18)35-12-4-5-20(29)15-35;1-17-24(22-15-20(32-34-22)18-8-6-5-7-9-18)31-21(16-30-17)19-10-11-28-23(14-19)26(2,3)25(33)29-13-12-27-4;;;;;;/h6-11,13-14,20H,4-5,12,15,29H2,1-3H3;5-11,14-16,27H,12-13H2,1-4H3,(H,29,33);6*1H. The van der Waals surface area contributed by atoms with E-state index in [0.717, 1.165) is 65.3 Å². The number of nitriles is 1. The average molecular weight is 949 g/mol. The van der Waals surface area contributed by atoms with E-state index >= 15 is 0 Å². The number of aryl methyl sites for hydroxylation is 2. The van der Waals surface area contributed by atoms with Crippen LogP contribution in [0, 0.1) is 25.2 Å². The number of anilines is 1. The number of amides is 1. The van der Waals surface area contributed by atoms with E-state index in [2.05, 4.69) is 69.0 Å². The summed E-state index contributed by atoms with van der Waals surface area (Å²) in [6, 6.07) is 29.7. The topological polar surface area (TPSA) is 236 Å². The van der Waals surface area contributed by atoms with Gasteiger partial charge in [0.05, 0.1) is 63.5 Å². The van der Waals surface area contributed by atoms with Crippen LogP contribution >= 0.6 is 0 Å². The molecule has 9 rings (SSSR count). The van der Waals surface area contributed by atoms with Crippen LogP contribution in [0.4, 0.5) is 5.69 Å². The zero-order chi connectivity index (χ0) is 49.4. The lowest BCUT2D eigenvalue weighted by atomic mass is 9.86. The Morgan fingerprint density at radius 2 is 1.43 bits per heavy atom. The fraction of sp³-hybridized carbons (Fsp3) is 0.302. The molecule has 1 atom stereocenters. The van der Waals surface area contributed by atoms with Crippen LogP contribution in [0.25, 0.3) is 68.3 Å². The molecule has 4 N–H and O–H groups in total. The predicted molar refractivity (Wildman–Crippen MR) is 280 cm³/mol. The van der Waals surface area contributed by atoms with Gasteiger partial charge < -0.3 is 30.2 Å². The maximum absolute atomic E-state index is 12.8. The number of rotatable bonds is 13. The highest BCUT2D eigenvalue weighted by atomic mass is 16.5. The van der Waals surface area contributed by atoms with E-state index in [1.165, 1.54) is 0 Å². The normalized spacial score (nSPS) is 13.8. The summed E-state index contributed by atoms with van der Waals surface area (Å²) in [6.07, 6.45) is 8.95. The molecular formula is C53H68N14O3. The van der Waals surface area contributed by atoms with Crippen molar-refractivity contribution in [2.75, 3.05) is 38.1 Å². The number of nitrogens with one attached hydrogen (secondary N) is 2. The van der Waals surface area contributed by atoms with E-state index < -0.39 is 10.8 Å². The number of piperidine rings is 1. The van der Waals surface area contributed by atoms with E-state index in [1.54, 1.807) is 24.8 Å². The minimum Gasteiger partial charge on any atom is -0.415 e. The Balaban J connectivity index is 0.000000483. The monoisotopic (exact) mass is 949 g/mol. The number of hydrogen-bond donors (Lipinski definition) is 3. The molecule has 1 aliphatic rings. The number of aromatic nitrogens is 9. The second-order valence-corrected chi connectivity index (χ2v) is 18.2. The van der Waals surface area contributed by atoms with Gasteiger partial charge in [0.25, 0.3) is 5.89 Å². The first-order valence-corrected chi connectivity index (χ1v) is 23.2. The molecule has 0 radical (unpaired) electrons. The average Bonchev–Trinajstić information content (AvgIpc) is 4.09. The van der Waals surface area contributed by atoms with Crippen molar-refractivity contribution in [2.45, 2.75) is 71.3 Å². The Morgan fingerprint density at radius 3 is 2.10 bits per heavy atom. The zero-order valence-electron chi connectivity index (χ0n) is 40.4. The van der Waals surface area contributed by atoms with Crippen LogP contribution in [-0.2, 0) is 15.6 Å². The summed E-state index contributed by atoms with van der Waals surface area (Å²) < 4.78 is 11.6. The molecule has 17 nitrogen and oxygen atoms in total. The van der Waals surface area contributed by atoms with Crippen LogP contribution in [0.1, 0.15) is 71.9 Å². The van der Waals surface area contributed by atoms with Crippen molar-refractivity contribution in [1.82, 2.24) is 55.9 Å². The van der Waals surface area contributed by atoms with Gasteiger partial charge in [-0.1, -0.05) is 35.5 Å². The van der Waals surface area contributed by atoms with E-state index in [4.69, 9.17) is 24.6 Å². The number of pyridine rings is 2.